The van der Waals surface area contributed by atoms with E-state index in [2.05, 4.69) is 14.7 Å². The van der Waals surface area contributed by atoms with E-state index in [-0.39, 0.29) is 5.92 Å². The fourth-order valence-corrected chi connectivity index (χ4v) is 0.900. The number of carbonyl (C=O) groups is 1. The smallest absolute Gasteiger partial charge is 0.333 e. The van der Waals surface area contributed by atoms with Gasteiger partial charge in [0, 0.05) is 0 Å². The second-order valence-electron chi connectivity index (χ2n) is 2.89. The van der Waals surface area contributed by atoms with Crippen LogP contribution in [0.2, 0.25) is 0 Å². The van der Waals surface area contributed by atoms with Crippen molar-refractivity contribution in [2.75, 3.05) is 6.73 Å². The number of ether oxygens (including phenoxy) is 1. The third-order valence-electron chi connectivity index (χ3n) is 1.95. The highest BCUT2D eigenvalue weighted by atomic mass is 16.5. The van der Waals surface area contributed by atoms with Crippen molar-refractivity contribution in [2.24, 2.45) is 15.9 Å². The summed E-state index contributed by atoms with van der Waals surface area (Å²) in [4.78, 5) is 37.5. The quantitative estimate of drug-likeness (QED) is 0.366. The summed E-state index contributed by atoms with van der Waals surface area (Å²) in [6, 6.07) is -0.880. The van der Waals surface area contributed by atoms with Gasteiger partial charge in [-0.2, -0.15) is 9.98 Å². The van der Waals surface area contributed by atoms with Crippen molar-refractivity contribution in [3.8, 4) is 0 Å². The van der Waals surface area contributed by atoms with E-state index in [1.54, 1.807) is 6.92 Å². The zero-order chi connectivity index (χ0) is 11.7. The molecule has 6 nitrogen and oxygen atoms in total. The highest BCUT2D eigenvalue weighted by Gasteiger charge is 2.24. The molecule has 0 saturated heterocycles. The normalized spacial score (nSPS) is 12.9. The standard InChI is InChI=1S/C9H12N2O4/c1-3-7(2)8(11-5-13)9(14)15-6-10-4-12/h7-8H,3,6H2,1-2H3. The summed E-state index contributed by atoms with van der Waals surface area (Å²) in [7, 11) is 0. The zero-order valence-electron chi connectivity index (χ0n) is 8.60. The Kier molecular flexibility index (Phi) is 6.72. The summed E-state index contributed by atoms with van der Waals surface area (Å²) in [5.41, 5.74) is 0. The van der Waals surface area contributed by atoms with Gasteiger partial charge in [-0.15, -0.1) is 0 Å². The Morgan fingerprint density at radius 1 is 1.40 bits per heavy atom. The van der Waals surface area contributed by atoms with Gasteiger partial charge in [-0.1, -0.05) is 20.3 Å². The van der Waals surface area contributed by atoms with E-state index in [0.29, 0.717) is 6.42 Å². The highest BCUT2D eigenvalue weighted by Crippen LogP contribution is 2.12. The van der Waals surface area contributed by atoms with Crippen LogP contribution in [0.3, 0.4) is 0 Å². The monoisotopic (exact) mass is 212 g/mol. The summed E-state index contributed by atoms with van der Waals surface area (Å²) in [6.07, 6.45) is 3.22. The Morgan fingerprint density at radius 3 is 2.53 bits per heavy atom. The fraction of sp³-hybridized carbons (Fsp3) is 0.667. The Labute approximate surface area is 87.0 Å². The Bertz CT molecular complexity index is 303. The number of aliphatic imine (C=N–C) groups is 2. The van der Waals surface area contributed by atoms with Crippen LogP contribution in [0.15, 0.2) is 9.98 Å². The molecule has 2 unspecified atom stereocenters. The van der Waals surface area contributed by atoms with Crippen molar-refractivity contribution < 1.29 is 19.1 Å². The van der Waals surface area contributed by atoms with Crippen molar-refractivity contribution in [3.05, 3.63) is 0 Å². The SMILES string of the molecule is CCC(C)C(N=C=O)C(=O)OCN=C=O. The van der Waals surface area contributed by atoms with Gasteiger partial charge in [0.15, 0.2) is 12.8 Å². The number of esters is 1. The topological polar surface area (TPSA) is 85.2 Å². The maximum atomic E-state index is 11.3. The Morgan fingerprint density at radius 2 is 2.07 bits per heavy atom. The van der Waals surface area contributed by atoms with Crippen LogP contribution in [0.4, 0.5) is 0 Å². The van der Waals surface area contributed by atoms with Crippen LogP contribution in [0, 0.1) is 5.92 Å². The van der Waals surface area contributed by atoms with Crippen LogP contribution in [-0.4, -0.2) is 30.9 Å². The van der Waals surface area contributed by atoms with E-state index < -0.39 is 18.7 Å². The predicted octanol–water partition coefficient (Wildman–Crippen LogP) is 0.573. The van der Waals surface area contributed by atoms with Gasteiger partial charge in [0.05, 0.1) is 0 Å². The van der Waals surface area contributed by atoms with Gasteiger partial charge in [-0.25, -0.2) is 14.4 Å². The van der Waals surface area contributed by atoms with Crippen molar-refractivity contribution >= 4 is 18.1 Å². The van der Waals surface area contributed by atoms with Crippen LogP contribution in [0.5, 0.6) is 0 Å². The molecular formula is C9H12N2O4. The second-order valence-corrected chi connectivity index (χ2v) is 2.89. The molecule has 6 heteroatoms. The molecule has 0 fully saturated rings. The second kappa shape index (κ2) is 7.62. The molecular weight excluding hydrogens is 200 g/mol. The Balaban J connectivity index is 4.41. The summed E-state index contributed by atoms with van der Waals surface area (Å²) in [6.45, 7) is 3.22. The lowest BCUT2D eigenvalue weighted by atomic mass is 10.0. The average Bonchev–Trinajstić information content (AvgIpc) is 2.25. The summed E-state index contributed by atoms with van der Waals surface area (Å²) in [5, 5.41) is 0. The maximum Gasteiger partial charge on any atom is 0.333 e. The van der Waals surface area contributed by atoms with Crippen LogP contribution < -0.4 is 0 Å². The van der Waals surface area contributed by atoms with Gasteiger partial charge < -0.3 is 4.74 Å². The lowest BCUT2D eigenvalue weighted by Gasteiger charge is -2.14. The third-order valence-corrected chi connectivity index (χ3v) is 1.95. The molecule has 0 amide bonds. The molecule has 0 rings (SSSR count). The fourth-order valence-electron chi connectivity index (χ4n) is 0.900. The van der Waals surface area contributed by atoms with Crippen molar-refractivity contribution in [1.29, 1.82) is 0 Å². The molecule has 0 aliphatic carbocycles. The van der Waals surface area contributed by atoms with E-state index in [0.717, 1.165) is 0 Å². The molecule has 0 aromatic heterocycles. The number of isocyanates is 2. The van der Waals surface area contributed by atoms with Crippen LogP contribution in [-0.2, 0) is 19.1 Å². The van der Waals surface area contributed by atoms with E-state index in [1.165, 1.54) is 12.2 Å². The van der Waals surface area contributed by atoms with E-state index in [4.69, 9.17) is 0 Å². The minimum atomic E-state index is -0.880. The third kappa shape index (κ3) is 4.86. The summed E-state index contributed by atoms with van der Waals surface area (Å²) < 4.78 is 4.58. The molecule has 0 spiro atoms. The lowest BCUT2D eigenvalue weighted by molar-refractivity contribution is -0.146. The molecule has 0 aliphatic heterocycles. The van der Waals surface area contributed by atoms with Crippen molar-refractivity contribution in [1.82, 2.24) is 0 Å². The Hall–Kier alpha value is -1.77. The molecule has 82 valence electrons. The first kappa shape index (κ1) is 13.2. The molecule has 15 heavy (non-hydrogen) atoms. The molecule has 0 aromatic carbocycles. The van der Waals surface area contributed by atoms with Gasteiger partial charge >= 0.3 is 5.97 Å². The van der Waals surface area contributed by atoms with Gasteiger partial charge in [0.25, 0.3) is 0 Å². The molecule has 0 radical (unpaired) electrons. The minimum Gasteiger partial charge on any atom is -0.440 e. The van der Waals surface area contributed by atoms with E-state index in [1.807, 2.05) is 6.92 Å². The number of carbonyl (C=O) groups excluding carboxylic acids is 3. The number of hydrogen-bond donors (Lipinski definition) is 0. The summed E-state index contributed by atoms with van der Waals surface area (Å²) in [5.74, 6) is -0.814. The van der Waals surface area contributed by atoms with E-state index >= 15 is 0 Å². The first-order valence-electron chi connectivity index (χ1n) is 4.44. The highest BCUT2D eigenvalue weighted by molar-refractivity contribution is 5.77. The van der Waals surface area contributed by atoms with Crippen molar-refractivity contribution in [3.63, 3.8) is 0 Å². The van der Waals surface area contributed by atoms with Gasteiger partial charge in [0.1, 0.15) is 0 Å². The number of nitrogens with zero attached hydrogens (tertiary/aromatic N) is 2. The maximum absolute atomic E-state index is 11.3. The molecule has 2 atom stereocenters. The molecule has 0 aliphatic rings. The van der Waals surface area contributed by atoms with Crippen molar-refractivity contribution in [2.45, 2.75) is 26.3 Å². The van der Waals surface area contributed by atoms with Crippen LogP contribution >= 0.6 is 0 Å². The molecule has 0 saturated carbocycles. The van der Waals surface area contributed by atoms with E-state index in [9.17, 15) is 14.4 Å². The van der Waals surface area contributed by atoms with Gasteiger partial charge in [-0.3, -0.25) is 0 Å². The predicted molar refractivity (Wildman–Crippen MR) is 50.4 cm³/mol. The number of hydrogen-bond acceptors (Lipinski definition) is 6. The molecule has 0 heterocycles. The van der Waals surface area contributed by atoms with Crippen LogP contribution in [0.1, 0.15) is 20.3 Å². The van der Waals surface area contributed by atoms with Gasteiger partial charge in [-0.05, 0) is 5.92 Å². The largest absolute Gasteiger partial charge is 0.440 e. The molecule has 0 N–H and O–H groups in total. The first-order chi connectivity index (χ1) is 7.17. The van der Waals surface area contributed by atoms with Gasteiger partial charge in [0.2, 0.25) is 12.2 Å². The minimum absolute atomic E-state index is 0.126. The zero-order valence-corrected chi connectivity index (χ0v) is 8.60. The molecule has 0 bridgehead atoms. The first-order valence-corrected chi connectivity index (χ1v) is 4.44. The lowest BCUT2D eigenvalue weighted by Crippen LogP contribution is -2.28. The number of rotatable bonds is 6. The van der Waals surface area contributed by atoms with Crippen LogP contribution in [0.25, 0.3) is 0 Å². The average molecular weight is 212 g/mol. The molecule has 0 aromatic rings. The summed E-state index contributed by atoms with van der Waals surface area (Å²) >= 11 is 0.